The monoisotopic (exact) mass is 602 g/mol. The minimum absolute atomic E-state index is 0.0926. The summed E-state index contributed by atoms with van der Waals surface area (Å²) in [6.07, 6.45) is 2.71. The third-order valence-electron chi connectivity index (χ3n) is 6.03. The quantitative estimate of drug-likeness (QED) is 0.220. The van der Waals surface area contributed by atoms with E-state index in [0.717, 1.165) is 9.91 Å². The largest absolute Gasteiger partial charge is 0.477 e. The number of nitrogens with one attached hydrogen (secondary N) is 2. The second-order valence-corrected chi connectivity index (χ2v) is 12.2. The van der Waals surface area contributed by atoms with Crippen LogP contribution in [0.5, 0.6) is 0 Å². The van der Waals surface area contributed by atoms with Gasteiger partial charge in [0.15, 0.2) is 4.34 Å². The summed E-state index contributed by atoms with van der Waals surface area (Å²) in [5.41, 5.74) is 0.926. The molecule has 1 saturated heterocycles. The van der Waals surface area contributed by atoms with Crippen LogP contribution in [0.15, 0.2) is 58.1 Å². The number of urea groups is 1. The second kappa shape index (κ2) is 12.7. The Labute approximate surface area is 242 Å². The number of β-lactam (4-membered cyclic amide) rings is 1. The minimum atomic E-state index is -1.23. The number of carboxylic acids is 1. The zero-order valence-electron chi connectivity index (χ0n) is 21.7. The number of rotatable bonds is 9. The fourth-order valence-electron chi connectivity index (χ4n) is 4.04. The number of nitrogens with zero attached hydrogens (tertiary/aromatic N) is 4. The van der Waals surface area contributed by atoms with Gasteiger partial charge in [0.25, 0.3) is 11.8 Å². The third-order valence-corrected chi connectivity index (χ3v) is 9.43. The molecule has 3 atom stereocenters. The number of aromatic nitrogens is 2. The van der Waals surface area contributed by atoms with Gasteiger partial charge in [-0.2, -0.15) is 0 Å². The molecule has 0 spiro atoms. The molecule has 0 radical (unpaired) electrons. The summed E-state index contributed by atoms with van der Waals surface area (Å²) in [6.45, 7) is 3.46. The Balaban J connectivity index is 1.49. The van der Waals surface area contributed by atoms with Crippen molar-refractivity contribution in [3.05, 3.63) is 64.3 Å². The number of thioether (sulfide) groups is 2. The van der Waals surface area contributed by atoms with Gasteiger partial charge in [0.2, 0.25) is 5.91 Å². The van der Waals surface area contributed by atoms with Crippen LogP contribution in [-0.4, -0.2) is 84.8 Å². The van der Waals surface area contributed by atoms with Crippen molar-refractivity contribution in [2.24, 2.45) is 0 Å². The number of benzene rings is 1. The number of carbonyl (C=O) groups is 5. The van der Waals surface area contributed by atoms with E-state index in [9.17, 15) is 29.1 Å². The van der Waals surface area contributed by atoms with Gasteiger partial charge in [-0.3, -0.25) is 24.2 Å². The molecule has 40 heavy (non-hydrogen) atoms. The molecule has 2 aliphatic rings. The molecule has 4 rings (SSSR count). The van der Waals surface area contributed by atoms with Crippen molar-refractivity contribution >= 4 is 64.6 Å². The van der Waals surface area contributed by atoms with Crippen LogP contribution in [0, 0.1) is 6.92 Å². The normalized spacial score (nSPS) is 19.1. The summed E-state index contributed by atoms with van der Waals surface area (Å²) < 4.78 is 0.703. The number of hydrogen-bond donors (Lipinski definition) is 3. The molecule has 3 heterocycles. The number of aryl methyl sites for hydroxylation is 1. The topological polar surface area (TPSA) is 162 Å². The first kappa shape index (κ1) is 29.3. The van der Waals surface area contributed by atoms with Gasteiger partial charge in [-0.1, -0.05) is 59.5 Å². The lowest BCUT2D eigenvalue weighted by molar-refractivity contribution is -0.151. The Hall–Kier alpha value is -3.69. The van der Waals surface area contributed by atoms with E-state index in [1.807, 2.05) is 6.92 Å². The van der Waals surface area contributed by atoms with Crippen LogP contribution < -0.4 is 10.6 Å². The molecule has 1 aromatic carbocycles. The van der Waals surface area contributed by atoms with E-state index in [2.05, 4.69) is 20.8 Å². The van der Waals surface area contributed by atoms with Gasteiger partial charge in [-0.05, 0) is 31.1 Å². The standard InChI is InChI=1S/C25H26N6O6S3/c1-4-8-16(32)30(3)24(37)27-17(14-9-6-5-7-10-14)20(33)26-18-21(34)31-19(23(35)36)15(11-38-22(18)31)12-39-25-29-28-13(2)40-25/h4-10,17-18,22H,11-12H2,1-3H3,(H,26,33)(H,27,37)(H,35,36)/t17?,18?,22-/m0/s1. The number of aliphatic carboxylic acids is 1. The molecule has 0 saturated carbocycles. The van der Waals surface area contributed by atoms with Crippen molar-refractivity contribution in [2.45, 2.75) is 35.6 Å². The maximum atomic E-state index is 13.4. The fourth-order valence-corrected chi connectivity index (χ4v) is 7.34. The van der Waals surface area contributed by atoms with Gasteiger partial charge in [-0.25, -0.2) is 9.59 Å². The molecule has 3 N–H and O–H groups in total. The third kappa shape index (κ3) is 6.21. The summed E-state index contributed by atoms with van der Waals surface area (Å²) >= 11 is 4.10. The van der Waals surface area contributed by atoms with Crippen LogP contribution in [0.2, 0.25) is 0 Å². The van der Waals surface area contributed by atoms with E-state index in [0.29, 0.717) is 27.0 Å². The number of hydrogen-bond acceptors (Lipinski definition) is 10. The highest BCUT2D eigenvalue weighted by molar-refractivity contribution is 8.01. The van der Waals surface area contributed by atoms with Crippen LogP contribution in [0.3, 0.4) is 0 Å². The molecule has 0 aliphatic carbocycles. The van der Waals surface area contributed by atoms with Crippen LogP contribution in [0.25, 0.3) is 0 Å². The number of carbonyl (C=O) groups excluding carboxylic acids is 4. The lowest BCUT2D eigenvalue weighted by Gasteiger charge is -2.49. The maximum Gasteiger partial charge on any atom is 0.352 e. The van der Waals surface area contributed by atoms with E-state index < -0.39 is 47.2 Å². The number of carboxylic acid groups (broad SMARTS) is 1. The average molecular weight is 603 g/mol. The molecule has 210 valence electrons. The molecule has 15 heteroatoms. The van der Waals surface area contributed by atoms with E-state index in [-0.39, 0.29) is 5.70 Å². The summed E-state index contributed by atoms with van der Waals surface area (Å²) in [6, 6.07) is 5.40. The lowest BCUT2D eigenvalue weighted by Crippen LogP contribution is -2.71. The van der Waals surface area contributed by atoms with E-state index in [4.69, 9.17) is 0 Å². The molecule has 2 aliphatic heterocycles. The predicted octanol–water partition coefficient (Wildman–Crippen LogP) is 2.16. The molecular weight excluding hydrogens is 577 g/mol. The highest BCUT2D eigenvalue weighted by atomic mass is 32.2. The molecule has 1 fully saturated rings. The fraction of sp³-hybridized carbons (Fsp3) is 0.320. The van der Waals surface area contributed by atoms with Crippen molar-refractivity contribution in [2.75, 3.05) is 18.6 Å². The summed E-state index contributed by atoms with van der Waals surface area (Å²) in [7, 11) is 1.28. The summed E-state index contributed by atoms with van der Waals surface area (Å²) in [4.78, 5) is 65.6. The van der Waals surface area contributed by atoms with Gasteiger partial charge in [0.1, 0.15) is 28.2 Å². The Morgan fingerprint density at radius 2 is 1.98 bits per heavy atom. The summed E-state index contributed by atoms with van der Waals surface area (Å²) in [5, 5.41) is 23.3. The first-order valence-electron chi connectivity index (χ1n) is 12.0. The molecule has 0 bridgehead atoms. The highest BCUT2D eigenvalue weighted by Gasteiger charge is 2.54. The van der Waals surface area contributed by atoms with Crippen LogP contribution in [-0.2, 0) is 19.2 Å². The van der Waals surface area contributed by atoms with Gasteiger partial charge < -0.3 is 15.7 Å². The molecular formula is C25H26N6O6S3. The van der Waals surface area contributed by atoms with Gasteiger partial charge in [0.05, 0.1) is 0 Å². The van der Waals surface area contributed by atoms with Crippen molar-refractivity contribution in [3.63, 3.8) is 0 Å². The van der Waals surface area contributed by atoms with Crippen molar-refractivity contribution in [3.8, 4) is 0 Å². The Morgan fingerprint density at radius 1 is 1.25 bits per heavy atom. The SMILES string of the molecule is CC=CC(=O)N(C)C(=O)NC(C(=O)NC1C(=O)N2C(C(=O)O)=C(CSc3nnc(C)s3)CS[C@@H]12)c1ccccc1. The Bertz CT molecular complexity index is 1390. The number of amides is 5. The van der Waals surface area contributed by atoms with Crippen molar-refractivity contribution in [1.29, 1.82) is 0 Å². The summed E-state index contributed by atoms with van der Waals surface area (Å²) in [5.74, 6) is -2.34. The van der Waals surface area contributed by atoms with Gasteiger partial charge >= 0.3 is 12.0 Å². The first-order chi connectivity index (χ1) is 19.1. The molecule has 2 unspecified atom stereocenters. The van der Waals surface area contributed by atoms with Crippen LogP contribution >= 0.6 is 34.9 Å². The smallest absolute Gasteiger partial charge is 0.352 e. The van der Waals surface area contributed by atoms with Crippen molar-refractivity contribution in [1.82, 2.24) is 30.6 Å². The van der Waals surface area contributed by atoms with E-state index in [1.54, 1.807) is 37.3 Å². The number of likely N-dealkylation sites (N-methyl/N-ethyl adjacent to an activating group) is 1. The molecule has 5 amide bonds. The van der Waals surface area contributed by atoms with E-state index in [1.165, 1.54) is 59.0 Å². The second-order valence-electron chi connectivity index (χ2n) is 8.72. The zero-order chi connectivity index (χ0) is 29.0. The van der Waals surface area contributed by atoms with Crippen LogP contribution in [0.1, 0.15) is 23.5 Å². The molecule has 1 aromatic heterocycles. The first-order valence-corrected chi connectivity index (χ1v) is 14.9. The predicted molar refractivity (Wildman–Crippen MR) is 150 cm³/mol. The Kier molecular flexibility index (Phi) is 9.27. The van der Waals surface area contributed by atoms with E-state index >= 15 is 0 Å². The van der Waals surface area contributed by atoms with Crippen molar-refractivity contribution < 1.29 is 29.1 Å². The molecule has 2 aromatic rings. The number of fused-ring (bicyclic) bond motifs is 1. The van der Waals surface area contributed by atoms with Gasteiger partial charge in [-0.15, -0.1) is 22.0 Å². The highest BCUT2D eigenvalue weighted by Crippen LogP contribution is 2.42. The minimum Gasteiger partial charge on any atom is -0.477 e. The lowest BCUT2D eigenvalue weighted by atomic mass is 10.0. The number of allylic oxidation sites excluding steroid dienone is 1. The Morgan fingerprint density at radius 3 is 2.60 bits per heavy atom. The zero-order valence-corrected chi connectivity index (χ0v) is 24.1. The molecule has 12 nitrogen and oxygen atoms in total. The average Bonchev–Trinajstić information content (AvgIpc) is 3.37. The van der Waals surface area contributed by atoms with Crippen LogP contribution in [0.4, 0.5) is 4.79 Å². The maximum absolute atomic E-state index is 13.4. The van der Waals surface area contributed by atoms with Gasteiger partial charge in [0, 0.05) is 18.6 Å². The number of imide groups is 1.